The van der Waals surface area contributed by atoms with Gasteiger partial charge in [-0.2, -0.15) is 0 Å². The monoisotopic (exact) mass is 440 g/mol. The van der Waals surface area contributed by atoms with Crippen LogP contribution in [0.15, 0.2) is 77.7 Å². The minimum atomic E-state index is -3.82. The molecule has 1 amide bonds. The lowest BCUT2D eigenvalue weighted by Crippen LogP contribution is -2.28. The predicted octanol–water partition coefficient (Wildman–Crippen LogP) is 3.61. The Balaban J connectivity index is 1.59. The van der Waals surface area contributed by atoms with Gasteiger partial charge in [-0.05, 0) is 49.4 Å². The first-order chi connectivity index (χ1) is 14.9. The topological polar surface area (TPSA) is 93.7 Å². The van der Waals surface area contributed by atoms with Crippen LogP contribution in [0.5, 0.6) is 11.5 Å². The second kappa shape index (κ2) is 9.99. The number of carbonyl (C=O) groups excluding carboxylic acids is 1. The summed E-state index contributed by atoms with van der Waals surface area (Å²) in [5.74, 6) is 0.790. The number of anilines is 1. The highest BCUT2D eigenvalue weighted by molar-refractivity contribution is 7.92. The maximum absolute atomic E-state index is 12.7. The van der Waals surface area contributed by atoms with Crippen LogP contribution in [0.1, 0.15) is 15.9 Å². The van der Waals surface area contributed by atoms with Gasteiger partial charge < -0.3 is 14.8 Å². The number of hydrogen-bond acceptors (Lipinski definition) is 5. The molecule has 2 N–H and O–H groups in total. The zero-order chi connectivity index (χ0) is 22.3. The van der Waals surface area contributed by atoms with Crippen molar-refractivity contribution in [1.29, 1.82) is 0 Å². The van der Waals surface area contributed by atoms with E-state index >= 15 is 0 Å². The van der Waals surface area contributed by atoms with Crippen LogP contribution >= 0.6 is 0 Å². The molecule has 3 rings (SSSR count). The van der Waals surface area contributed by atoms with Crippen molar-refractivity contribution in [3.8, 4) is 11.5 Å². The lowest BCUT2D eigenvalue weighted by molar-refractivity contribution is 0.0946. The third-order valence-corrected chi connectivity index (χ3v) is 5.80. The average Bonchev–Trinajstić information content (AvgIpc) is 2.78. The van der Waals surface area contributed by atoms with Crippen molar-refractivity contribution in [1.82, 2.24) is 5.32 Å². The van der Waals surface area contributed by atoms with E-state index in [0.717, 1.165) is 5.56 Å². The van der Waals surface area contributed by atoms with Crippen molar-refractivity contribution >= 4 is 21.6 Å². The molecule has 0 aliphatic heterocycles. The highest BCUT2D eigenvalue weighted by Gasteiger charge is 2.16. The molecular weight excluding hydrogens is 416 g/mol. The molecule has 0 unspecified atom stereocenters. The first-order valence-corrected chi connectivity index (χ1v) is 11.1. The third-order valence-electron chi connectivity index (χ3n) is 4.42. The summed E-state index contributed by atoms with van der Waals surface area (Å²) in [6.07, 6.45) is 0. The van der Waals surface area contributed by atoms with Gasteiger partial charge in [0.1, 0.15) is 6.61 Å². The highest BCUT2D eigenvalue weighted by atomic mass is 32.2. The van der Waals surface area contributed by atoms with E-state index in [4.69, 9.17) is 9.47 Å². The lowest BCUT2D eigenvalue weighted by Gasteiger charge is -2.12. The van der Waals surface area contributed by atoms with E-state index in [2.05, 4.69) is 10.0 Å². The standard InChI is InChI=1S/C23H24N2O5S/c1-17-10-12-19(13-11-17)25-31(27,28)20-7-5-6-18(16-20)23(26)24-14-15-30-22-9-4-3-8-21(22)29-2/h3-13,16,25H,14-15H2,1-2H3,(H,24,26). The number of ether oxygens (including phenoxy) is 2. The number of carbonyl (C=O) groups is 1. The molecular formula is C23H24N2O5S. The first kappa shape index (κ1) is 22.2. The van der Waals surface area contributed by atoms with Crippen LogP contribution in [-0.2, 0) is 10.0 Å². The van der Waals surface area contributed by atoms with Gasteiger partial charge in [-0.3, -0.25) is 9.52 Å². The van der Waals surface area contributed by atoms with Crippen LogP contribution in [-0.4, -0.2) is 34.6 Å². The molecule has 3 aromatic rings. The molecule has 0 saturated heterocycles. The highest BCUT2D eigenvalue weighted by Crippen LogP contribution is 2.25. The number of nitrogens with one attached hydrogen (secondary N) is 2. The molecule has 0 aliphatic rings. The van der Waals surface area contributed by atoms with Gasteiger partial charge in [-0.15, -0.1) is 0 Å². The van der Waals surface area contributed by atoms with Gasteiger partial charge >= 0.3 is 0 Å². The summed E-state index contributed by atoms with van der Waals surface area (Å²) in [6, 6.07) is 20.1. The summed E-state index contributed by atoms with van der Waals surface area (Å²) in [4.78, 5) is 12.5. The molecule has 0 radical (unpaired) electrons. The molecule has 0 saturated carbocycles. The number of benzene rings is 3. The van der Waals surface area contributed by atoms with Crippen molar-refractivity contribution in [3.63, 3.8) is 0 Å². The molecule has 0 bridgehead atoms. The average molecular weight is 441 g/mol. The van der Waals surface area contributed by atoms with E-state index in [1.165, 1.54) is 18.2 Å². The summed E-state index contributed by atoms with van der Waals surface area (Å²) in [7, 11) is -2.27. The second-order valence-electron chi connectivity index (χ2n) is 6.75. The summed E-state index contributed by atoms with van der Waals surface area (Å²) in [5.41, 5.74) is 1.72. The van der Waals surface area contributed by atoms with E-state index in [1.54, 1.807) is 37.4 Å². The summed E-state index contributed by atoms with van der Waals surface area (Å²) >= 11 is 0. The van der Waals surface area contributed by atoms with E-state index < -0.39 is 15.9 Å². The molecule has 0 atom stereocenters. The number of amides is 1. The van der Waals surface area contributed by atoms with Crippen molar-refractivity contribution in [2.24, 2.45) is 0 Å². The van der Waals surface area contributed by atoms with Crippen LogP contribution in [0.25, 0.3) is 0 Å². The van der Waals surface area contributed by atoms with Crippen LogP contribution in [0, 0.1) is 6.92 Å². The molecule has 0 fully saturated rings. The molecule has 162 valence electrons. The Morgan fingerprint density at radius 3 is 2.35 bits per heavy atom. The Morgan fingerprint density at radius 2 is 1.65 bits per heavy atom. The van der Waals surface area contributed by atoms with Crippen LogP contribution in [0.4, 0.5) is 5.69 Å². The summed E-state index contributed by atoms with van der Waals surface area (Å²) in [6.45, 7) is 2.40. The molecule has 0 aromatic heterocycles. The Hall–Kier alpha value is -3.52. The Labute approximate surface area is 182 Å². The Bertz CT molecular complexity index is 1140. The normalized spacial score (nSPS) is 10.9. The summed E-state index contributed by atoms with van der Waals surface area (Å²) < 4.78 is 38.7. The third kappa shape index (κ3) is 5.99. The van der Waals surface area contributed by atoms with E-state index in [0.29, 0.717) is 17.2 Å². The maximum Gasteiger partial charge on any atom is 0.261 e. The molecule has 3 aromatic carbocycles. The van der Waals surface area contributed by atoms with Gasteiger partial charge in [0, 0.05) is 11.3 Å². The van der Waals surface area contributed by atoms with Gasteiger partial charge in [0.2, 0.25) is 0 Å². The van der Waals surface area contributed by atoms with Gasteiger partial charge in [-0.25, -0.2) is 8.42 Å². The van der Waals surface area contributed by atoms with Gasteiger partial charge in [0.05, 0.1) is 18.6 Å². The fraction of sp³-hybridized carbons (Fsp3) is 0.174. The Kier molecular flexibility index (Phi) is 7.15. The second-order valence-corrected chi connectivity index (χ2v) is 8.44. The van der Waals surface area contributed by atoms with E-state index in [1.807, 2.05) is 31.2 Å². The fourth-order valence-corrected chi connectivity index (χ4v) is 3.91. The maximum atomic E-state index is 12.7. The van der Waals surface area contributed by atoms with Crippen molar-refractivity contribution in [2.75, 3.05) is 25.0 Å². The number of para-hydroxylation sites is 2. The van der Waals surface area contributed by atoms with Gasteiger partial charge in [-0.1, -0.05) is 35.9 Å². The van der Waals surface area contributed by atoms with Crippen molar-refractivity contribution in [2.45, 2.75) is 11.8 Å². The first-order valence-electron chi connectivity index (χ1n) is 9.62. The van der Waals surface area contributed by atoms with Gasteiger partial charge in [0.25, 0.3) is 15.9 Å². The zero-order valence-corrected chi connectivity index (χ0v) is 18.1. The molecule has 8 heteroatoms. The number of methoxy groups -OCH3 is 1. The molecule has 0 spiro atoms. The number of rotatable bonds is 9. The van der Waals surface area contributed by atoms with Crippen molar-refractivity contribution < 1.29 is 22.7 Å². The van der Waals surface area contributed by atoms with Crippen LogP contribution in [0.2, 0.25) is 0 Å². The smallest absolute Gasteiger partial charge is 0.261 e. The molecule has 0 heterocycles. The van der Waals surface area contributed by atoms with Crippen molar-refractivity contribution in [3.05, 3.63) is 83.9 Å². The van der Waals surface area contributed by atoms with Gasteiger partial charge in [0.15, 0.2) is 11.5 Å². The largest absolute Gasteiger partial charge is 0.493 e. The van der Waals surface area contributed by atoms with Crippen LogP contribution < -0.4 is 19.5 Å². The molecule has 0 aliphatic carbocycles. The Morgan fingerprint density at radius 1 is 0.935 bits per heavy atom. The predicted molar refractivity (Wildman–Crippen MR) is 119 cm³/mol. The van der Waals surface area contributed by atoms with E-state index in [9.17, 15) is 13.2 Å². The minimum Gasteiger partial charge on any atom is -0.493 e. The molecule has 31 heavy (non-hydrogen) atoms. The number of sulfonamides is 1. The summed E-state index contributed by atoms with van der Waals surface area (Å²) in [5, 5.41) is 2.72. The molecule has 7 nitrogen and oxygen atoms in total. The number of aryl methyl sites for hydroxylation is 1. The minimum absolute atomic E-state index is 0.00555. The lowest BCUT2D eigenvalue weighted by atomic mass is 10.2. The van der Waals surface area contributed by atoms with E-state index in [-0.39, 0.29) is 23.6 Å². The zero-order valence-electron chi connectivity index (χ0n) is 17.3. The quantitative estimate of drug-likeness (QED) is 0.496. The number of hydrogen-bond donors (Lipinski definition) is 2. The van der Waals surface area contributed by atoms with Crippen LogP contribution in [0.3, 0.4) is 0 Å². The SMILES string of the molecule is COc1ccccc1OCCNC(=O)c1cccc(S(=O)(=O)Nc2ccc(C)cc2)c1. The fourth-order valence-electron chi connectivity index (χ4n) is 2.81.